The molecule has 2 heterocycles. The highest BCUT2D eigenvalue weighted by atomic mass is 16.7. The van der Waals surface area contributed by atoms with Gasteiger partial charge >= 0.3 is 0 Å². The van der Waals surface area contributed by atoms with Gasteiger partial charge in [-0.3, -0.25) is 14.6 Å². The lowest BCUT2D eigenvalue weighted by molar-refractivity contribution is -0.133. The highest BCUT2D eigenvalue weighted by molar-refractivity contribution is 5.95. The fraction of sp³-hybridized carbons (Fsp3) is 0.344. The molecule has 42 heavy (non-hydrogen) atoms. The van der Waals surface area contributed by atoms with Crippen LogP contribution < -0.4 is 31.6 Å². The van der Waals surface area contributed by atoms with E-state index in [0.29, 0.717) is 62.5 Å². The molecule has 220 valence electrons. The van der Waals surface area contributed by atoms with E-state index >= 15 is 0 Å². The molecule has 0 spiro atoms. The predicted molar refractivity (Wildman–Crippen MR) is 161 cm³/mol. The summed E-state index contributed by atoms with van der Waals surface area (Å²) in [6.07, 6.45) is 1.90. The lowest BCUT2D eigenvalue weighted by Crippen LogP contribution is -2.49. The van der Waals surface area contributed by atoms with Crippen LogP contribution in [-0.4, -0.2) is 67.7 Å². The van der Waals surface area contributed by atoms with Crippen LogP contribution in [0.15, 0.2) is 83.9 Å². The Hall–Kier alpha value is -4.57. The van der Waals surface area contributed by atoms with Crippen LogP contribution in [0.4, 0.5) is 0 Å². The number of carbonyl (C=O) groups excluding carboxylic acids is 2. The van der Waals surface area contributed by atoms with Crippen LogP contribution in [0.2, 0.25) is 0 Å². The number of hydrogen-bond acceptors (Lipinski definition) is 6. The van der Waals surface area contributed by atoms with E-state index in [2.05, 4.69) is 39.9 Å². The van der Waals surface area contributed by atoms with E-state index < -0.39 is 6.04 Å². The van der Waals surface area contributed by atoms with Gasteiger partial charge in [0.15, 0.2) is 17.5 Å². The Labute approximate surface area is 246 Å². The lowest BCUT2D eigenvalue weighted by atomic mass is 9.90. The molecule has 10 nitrogen and oxygen atoms in total. The van der Waals surface area contributed by atoms with Crippen molar-refractivity contribution in [3.63, 3.8) is 0 Å². The van der Waals surface area contributed by atoms with Gasteiger partial charge in [-0.25, -0.2) is 0 Å². The Morgan fingerprint density at radius 1 is 1.00 bits per heavy atom. The zero-order chi connectivity index (χ0) is 29.3. The van der Waals surface area contributed by atoms with Gasteiger partial charge in [-0.05, 0) is 48.6 Å². The molecule has 2 aliphatic heterocycles. The molecule has 0 unspecified atom stereocenters. The van der Waals surface area contributed by atoms with Crippen molar-refractivity contribution < 1.29 is 19.1 Å². The summed E-state index contributed by atoms with van der Waals surface area (Å²) in [5, 5.41) is 6.55. The minimum Gasteiger partial charge on any atom is -0.454 e. The number of carbonyl (C=O) groups is 2. The van der Waals surface area contributed by atoms with Crippen molar-refractivity contribution in [3.8, 4) is 11.5 Å². The number of aliphatic imine (C=N–C) groups is 1. The molecule has 10 heteroatoms. The summed E-state index contributed by atoms with van der Waals surface area (Å²) in [6.45, 7) is 2.08. The van der Waals surface area contributed by atoms with Gasteiger partial charge in [-0.2, -0.15) is 0 Å². The molecule has 0 aromatic heterocycles. The quantitative estimate of drug-likeness (QED) is 0.158. The number of nitrogens with one attached hydrogen (secondary N) is 2. The summed E-state index contributed by atoms with van der Waals surface area (Å²) >= 11 is 0. The maximum absolute atomic E-state index is 14.0. The lowest BCUT2D eigenvalue weighted by Gasteiger charge is -2.29. The second-order valence-electron chi connectivity index (χ2n) is 10.6. The van der Waals surface area contributed by atoms with Crippen molar-refractivity contribution >= 4 is 17.8 Å². The minimum atomic E-state index is -0.429. The van der Waals surface area contributed by atoms with Gasteiger partial charge in [0.2, 0.25) is 12.7 Å². The number of nitrogens with two attached hydrogens (primary N) is 2. The molecule has 1 fully saturated rings. The summed E-state index contributed by atoms with van der Waals surface area (Å²) in [5.74, 6) is 1.09. The van der Waals surface area contributed by atoms with Gasteiger partial charge in [0.25, 0.3) is 5.91 Å². The smallest absolute Gasteiger partial charge is 0.251 e. The van der Waals surface area contributed by atoms with Crippen LogP contribution in [0.3, 0.4) is 0 Å². The Morgan fingerprint density at radius 3 is 2.38 bits per heavy atom. The number of nitrogens with zero attached hydrogens (tertiary/aromatic N) is 2. The summed E-state index contributed by atoms with van der Waals surface area (Å²) in [6, 6.07) is 25.2. The molecule has 1 saturated heterocycles. The number of amides is 2. The average molecular weight is 571 g/mol. The summed E-state index contributed by atoms with van der Waals surface area (Å²) in [5.41, 5.74) is 13.8. The Kier molecular flexibility index (Phi) is 9.55. The number of guanidine groups is 1. The third-order valence-electron chi connectivity index (χ3n) is 7.69. The average Bonchev–Trinajstić information content (AvgIpc) is 3.43. The van der Waals surface area contributed by atoms with Crippen molar-refractivity contribution in [2.75, 3.05) is 33.0 Å². The number of fused-ring (bicyclic) bond motifs is 1. The van der Waals surface area contributed by atoms with Crippen molar-refractivity contribution in [1.29, 1.82) is 0 Å². The van der Waals surface area contributed by atoms with Crippen molar-refractivity contribution in [3.05, 3.63) is 95.6 Å². The molecule has 5 rings (SSSR count). The fourth-order valence-electron chi connectivity index (χ4n) is 5.48. The Morgan fingerprint density at radius 2 is 1.69 bits per heavy atom. The zero-order valence-electron chi connectivity index (χ0n) is 23.6. The standard InChI is InChI=1S/C32H38N6O4/c33-32(34)35-16-7-12-27-31(40)38(20-26(22-8-3-1-4-9-22)23-10-5-2-6-11-23)17-15-25(37-27)19-36-30(39)24-13-14-28-29(18-24)42-21-41-28/h1-6,8-11,13-14,18,25-27,37H,7,12,15-17,19-21H2,(H,36,39)(H4,33,34,35)/t25-,27-/m0/s1. The molecule has 0 saturated carbocycles. The highest BCUT2D eigenvalue weighted by Gasteiger charge is 2.32. The molecule has 3 aromatic rings. The first-order valence-corrected chi connectivity index (χ1v) is 14.4. The van der Waals surface area contributed by atoms with E-state index in [-0.39, 0.29) is 36.5 Å². The van der Waals surface area contributed by atoms with Gasteiger partial charge in [0, 0.05) is 43.7 Å². The van der Waals surface area contributed by atoms with Crippen molar-refractivity contribution in [2.24, 2.45) is 16.5 Å². The van der Waals surface area contributed by atoms with E-state index in [9.17, 15) is 9.59 Å². The molecule has 2 atom stereocenters. The van der Waals surface area contributed by atoms with Crippen LogP contribution in [0, 0.1) is 0 Å². The minimum absolute atomic E-state index is 0.0286. The van der Waals surface area contributed by atoms with E-state index in [1.807, 2.05) is 41.3 Å². The number of ether oxygens (including phenoxy) is 2. The van der Waals surface area contributed by atoms with Crippen LogP contribution in [0.25, 0.3) is 0 Å². The van der Waals surface area contributed by atoms with Crippen molar-refractivity contribution in [1.82, 2.24) is 15.5 Å². The van der Waals surface area contributed by atoms with Crippen LogP contribution in [-0.2, 0) is 4.79 Å². The zero-order valence-corrected chi connectivity index (χ0v) is 23.6. The van der Waals surface area contributed by atoms with Crippen LogP contribution in [0.5, 0.6) is 11.5 Å². The first-order chi connectivity index (χ1) is 20.5. The van der Waals surface area contributed by atoms with Gasteiger partial charge in [0.05, 0.1) is 6.04 Å². The maximum atomic E-state index is 14.0. The Balaban J connectivity index is 1.30. The third-order valence-corrected chi connectivity index (χ3v) is 7.69. The van der Waals surface area contributed by atoms with Gasteiger partial charge in [-0.1, -0.05) is 60.7 Å². The van der Waals surface area contributed by atoms with Crippen LogP contribution >= 0.6 is 0 Å². The van der Waals surface area contributed by atoms with E-state index in [1.54, 1.807) is 18.2 Å². The fourth-order valence-corrected chi connectivity index (χ4v) is 5.48. The monoisotopic (exact) mass is 570 g/mol. The summed E-state index contributed by atoms with van der Waals surface area (Å²) < 4.78 is 10.8. The summed E-state index contributed by atoms with van der Waals surface area (Å²) in [4.78, 5) is 33.0. The number of rotatable bonds is 11. The molecule has 6 N–H and O–H groups in total. The molecule has 2 amide bonds. The first kappa shape index (κ1) is 28.9. The second-order valence-corrected chi connectivity index (χ2v) is 10.6. The molecule has 0 radical (unpaired) electrons. The van der Waals surface area contributed by atoms with Gasteiger partial charge in [-0.15, -0.1) is 0 Å². The largest absolute Gasteiger partial charge is 0.454 e. The SMILES string of the molecule is NC(N)=NCCC[C@@H]1N[C@H](CNC(=O)c2ccc3c(c2)OCO3)CCN(CC(c2ccccc2)c2ccccc2)C1=O. The van der Waals surface area contributed by atoms with E-state index in [1.165, 1.54) is 0 Å². The number of hydrogen-bond donors (Lipinski definition) is 4. The van der Waals surface area contributed by atoms with Gasteiger partial charge in [0.1, 0.15) is 0 Å². The maximum Gasteiger partial charge on any atom is 0.251 e. The molecular weight excluding hydrogens is 532 g/mol. The molecule has 3 aromatic carbocycles. The Bertz CT molecular complexity index is 1340. The first-order valence-electron chi connectivity index (χ1n) is 14.4. The van der Waals surface area contributed by atoms with E-state index in [0.717, 1.165) is 11.1 Å². The molecule has 2 aliphatic rings. The van der Waals surface area contributed by atoms with Gasteiger partial charge < -0.3 is 36.5 Å². The molecule has 0 aliphatic carbocycles. The third kappa shape index (κ3) is 7.38. The van der Waals surface area contributed by atoms with Crippen molar-refractivity contribution in [2.45, 2.75) is 37.3 Å². The topological polar surface area (TPSA) is 144 Å². The number of benzene rings is 3. The van der Waals surface area contributed by atoms with Crippen LogP contribution in [0.1, 0.15) is 46.7 Å². The normalized spacial score (nSPS) is 18.0. The highest BCUT2D eigenvalue weighted by Crippen LogP contribution is 2.32. The molecular formula is C32H38N6O4. The van der Waals surface area contributed by atoms with E-state index in [4.69, 9.17) is 20.9 Å². The molecule has 0 bridgehead atoms. The predicted octanol–water partition coefficient (Wildman–Crippen LogP) is 2.59. The second kappa shape index (κ2) is 13.9. The summed E-state index contributed by atoms with van der Waals surface area (Å²) in [7, 11) is 0.